The van der Waals surface area contributed by atoms with E-state index in [0.717, 1.165) is 45.6 Å². The van der Waals surface area contributed by atoms with Gasteiger partial charge in [0.25, 0.3) is 0 Å². The second-order valence-corrected chi connectivity index (χ2v) is 7.18. The molecule has 0 unspecified atom stereocenters. The number of hydrogen-bond acceptors (Lipinski definition) is 2. The summed E-state index contributed by atoms with van der Waals surface area (Å²) in [6.45, 7) is 14.6. The molecule has 2 aromatic carbocycles. The molecule has 0 spiro atoms. The van der Waals surface area contributed by atoms with Gasteiger partial charge in [0.1, 0.15) is 0 Å². The van der Waals surface area contributed by atoms with Gasteiger partial charge < -0.3 is 4.90 Å². The van der Waals surface area contributed by atoms with E-state index in [-0.39, 0.29) is 39.5 Å². The smallest absolute Gasteiger partial charge is 0.0416 e. The van der Waals surface area contributed by atoms with E-state index < -0.39 is 0 Å². The first kappa shape index (κ1) is 27.3. The monoisotopic (exact) mass is 512 g/mol. The Hall–Kier alpha value is -0.680. The normalized spacial score (nSPS) is 11.2. The summed E-state index contributed by atoms with van der Waals surface area (Å²) in [4.78, 5) is 5.27. The van der Waals surface area contributed by atoms with Gasteiger partial charge in [-0.3, -0.25) is 4.90 Å². The van der Waals surface area contributed by atoms with Crippen LogP contribution in [-0.4, -0.2) is 48.1 Å². The molecule has 0 aromatic heterocycles. The quantitative estimate of drug-likeness (QED) is 0.360. The molecule has 2 nitrogen and oxygen atoms in total. The first-order chi connectivity index (χ1) is 12.7. The Morgan fingerprint density at radius 1 is 0.607 bits per heavy atom. The lowest BCUT2D eigenvalue weighted by Crippen LogP contribution is -2.58. The minimum atomic E-state index is 0. The van der Waals surface area contributed by atoms with E-state index in [4.69, 9.17) is 0 Å². The van der Waals surface area contributed by atoms with Crippen molar-refractivity contribution in [2.75, 3.05) is 32.7 Å². The lowest BCUT2D eigenvalue weighted by molar-refractivity contribution is 0.0566. The molecule has 0 saturated carbocycles. The Kier molecular flexibility index (Phi) is 14.0. The van der Waals surface area contributed by atoms with E-state index in [1.807, 2.05) is 0 Å². The van der Waals surface area contributed by atoms with Crippen LogP contribution in [0.3, 0.4) is 0 Å². The average molecular weight is 514 g/mol. The minimum absolute atomic E-state index is 0. The Morgan fingerprint density at radius 2 is 1.00 bits per heavy atom. The van der Waals surface area contributed by atoms with Gasteiger partial charge in [0.2, 0.25) is 0 Å². The topological polar surface area (TPSA) is 6.48 Å². The van der Waals surface area contributed by atoms with Gasteiger partial charge in [-0.25, -0.2) is 0 Å². The third-order valence-electron chi connectivity index (χ3n) is 5.60. The average Bonchev–Trinajstić information content (AvgIpc) is 2.68. The lowest BCUT2D eigenvalue weighted by Gasteiger charge is -2.46. The maximum atomic E-state index is 2.69. The van der Waals surface area contributed by atoms with E-state index in [2.05, 4.69) is 98.2 Å². The number of likely N-dealkylation sites (N-methyl/N-ethyl adjacent to an activating group) is 2. The third-order valence-corrected chi connectivity index (χ3v) is 5.60. The second-order valence-electron chi connectivity index (χ2n) is 7.18. The molecular weight excluding hydrogens is 476 g/mol. The van der Waals surface area contributed by atoms with Crippen molar-refractivity contribution in [2.24, 2.45) is 0 Å². The minimum Gasteiger partial charge on any atom is -0.302 e. The van der Waals surface area contributed by atoms with Crippen molar-refractivity contribution >= 4 is 34.0 Å². The van der Waals surface area contributed by atoms with Crippen LogP contribution in [0, 0.1) is 0 Å². The standard InChI is InChI=1S/C24H36N2.2BrH/c1-5-25(6-2)21-24(26(7-3)8-4,19-22-15-11-9-12-16-22)20-23-17-13-10-14-18-23;;/h9-18H,5-8,19-21H2,1-4H3;2*1H. The van der Waals surface area contributed by atoms with E-state index in [0.29, 0.717) is 0 Å². The number of nitrogens with zero attached hydrogens (tertiary/aromatic N) is 2. The first-order valence-corrected chi connectivity index (χ1v) is 10.2. The molecule has 28 heavy (non-hydrogen) atoms. The molecule has 4 heteroatoms. The second kappa shape index (κ2) is 14.3. The summed E-state index contributed by atoms with van der Waals surface area (Å²) in [6.07, 6.45) is 2.17. The summed E-state index contributed by atoms with van der Waals surface area (Å²) in [5.74, 6) is 0. The molecule has 0 heterocycles. The molecular formula is C24H38Br2N2. The van der Waals surface area contributed by atoms with Crippen molar-refractivity contribution in [2.45, 2.75) is 46.1 Å². The van der Waals surface area contributed by atoms with Crippen LogP contribution in [0.1, 0.15) is 38.8 Å². The molecule has 0 radical (unpaired) electrons. The van der Waals surface area contributed by atoms with Crippen LogP contribution in [0.2, 0.25) is 0 Å². The highest BCUT2D eigenvalue weighted by molar-refractivity contribution is 8.93. The maximum Gasteiger partial charge on any atom is 0.0416 e. The van der Waals surface area contributed by atoms with Gasteiger partial charge in [0.05, 0.1) is 0 Å². The number of hydrogen-bond donors (Lipinski definition) is 0. The molecule has 0 aliphatic rings. The third kappa shape index (κ3) is 7.62. The zero-order chi connectivity index (χ0) is 18.8. The molecule has 158 valence electrons. The van der Waals surface area contributed by atoms with Gasteiger partial charge in [0.15, 0.2) is 0 Å². The highest BCUT2D eigenvalue weighted by Gasteiger charge is 2.37. The summed E-state index contributed by atoms with van der Waals surface area (Å²) in [5.41, 5.74) is 2.98. The van der Waals surface area contributed by atoms with Gasteiger partial charge in [-0.05, 0) is 50.1 Å². The number of rotatable bonds is 11. The molecule has 0 fully saturated rings. The fourth-order valence-electron chi connectivity index (χ4n) is 4.21. The Bertz CT molecular complexity index is 570. The van der Waals surface area contributed by atoms with Crippen molar-refractivity contribution in [1.82, 2.24) is 9.80 Å². The molecule has 0 bridgehead atoms. The molecule has 0 saturated heterocycles. The summed E-state index contributed by atoms with van der Waals surface area (Å²) in [5, 5.41) is 0. The van der Waals surface area contributed by atoms with Crippen LogP contribution in [-0.2, 0) is 12.8 Å². The largest absolute Gasteiger partial charge is 0.302 e. The molecule has 0 N–H and O–H groups in total. The molecule has 0 amide bonds. The zero-order valence-corrected chi connectivity index (χ0v) is 21.4. The van der Waals surface area contributed by atoms with Gasteiger partial charge >= 0.3 is 0 Å². The highest BCUT2D eigenvalue weighted by atomic mass is 79.9. The maximum absolute atomic E-state index is 2.69. The van der Waals surface area contributed by atoms with Crippen molar-refractivity contribution in [3.05, 3.63) is 71.8 Å². The van der Waals surface area contributed by atoms with Crippen LogP contribution < -0.4 is 0 Å². The fourth-order valence-corrected chi connectivity index (χ4v) is 4.21. The highest BCUT2D eigenvalue weighted by Crippen LogP contribution is 2.28. The van der Waals surface area contributed by atoms with E-state index >= 15 is 0 Å². The van der Waals surface area contributed by atoms with Gasteiger partial charge in [-0.15, -0.1) is 34.0 Å². The van der Waals surface area contributed by atoms with Gasteiger partial charge in [-0.1, -0.05) is 88.4 Å². The molecule has 0 aliphatic heterocycles. The van der Waals surface area contributed by atoms with Crippen LogP contribution in [0.15, 0.2) is 60.7 Å². The summed E-state index contributed by atoms with van der Waals surface area (Å²) < 4.78 is 0. The predicted molar refractivity (Wildman–Crippen MR) is 134 cm³/mol. The van der Waals surface area contributed by atoms with E-state index in [9.17, 15) is 0 Å². The van der Waals surface area contributed by atoms with Crippen LogP contribution in [0.4, 0.5) is 0 Å². The molecule has 2 aromatic rings. The molecule has 0 aliphatic carbocycles. The van der Waals surface area contributed by atoms with Crippen LogP contribution in [0.5, 0.6) is 0 Å². The van der Waals surface area contributed by atoms with E-state index in [1.165, 1.54) is 11.1 Å². The summed E-state index contributed by atoms with van der Waals surface area (Å²) in [6, 6.07) is 22.0. The van der Waals surface area contributed by atoms with Gasteiger partial charge in [0, 0.05) is 12.1 Å². The zero-order valence-electron chi connectivity index (χ0n) is 17.9. The van der Waals surface area contributed by atoms with E-state index in [1.54, 1.807) is 0 Å². The number of halogens is 2. The fraction of sp³-hybridized carbons (Fsp3) is 0.500. The molecule has 2 rings (SSSR count). The Morgan fingerprint density at radius 3 is 1.32 bits per heavy atom. The van der Waals surface area contributed by atoms with Crippen molar-refractivity contribution in [3.63, 3.8) is 0 Å². The summed E-state index contributed by atoms with van der Waals surface area (Å²) in [7, 11) is 0. The van der Waals surface area contributed by atoms with Crippen molar-refractivity contribution < 1.29 is 0 Å². The Balaban J connectivity index is 0.00000364. The van der Waals surface area contributed by atoms with Crippen molar-refractivity contribution in [1.29, 1.82) is 0 Å². The van der Waals surface area contributed by atoms with Gasteiger partial charge in [-0.2, -0.15) is 0 Å². The number of benzene rings is 2. The Labute approximate surface area is 193 Å². The first-order valence-electron chi connectivity index (χ1n) is 10.2. The van der Waals surface area contributed by atoms with Crippen LogP contribution in [0.25, 0.3) is 0 Å². The lowest BCUT2D eigenvalue weighted by atomic mass is 9.82. The summed E-state index contributed by atoms with van der Waals surface area (Å²) >= 11 is 0. The van der Waals surface area contributed by atoms with Crippen molar-refractivity contribution in [3.8, 4) is 0 Å². The van der Waals surface area contributed by atoms with Crippen LogP contribution >= 0.6 is 34.0 Å². The SMILES string of the molecule is Br.Br.CCN(CC)CC(Cc1ccccc1)(Cc1ccccc1)N(CC)CC. The predicted octanol–water partition coefficient (Wildman–Crippen LogP) is 6.05. The molecule has 0 atom stereocenters.